The third kappa shape index (κ3) is 4.23. The van der Waals surface area contributed by atoms with Gasteiger partial charge < -0.3 is 10.1 Å². The zero-order valence-corrected chi connectivity index (χ0v) is 10.6. The number of ether oxygens (including phenoxy) is 1. The first-order valence-electron chi connectivity index (χ1n) is 6.17. The van der Waals surface area contributed by atoms with E-state index in [-0.39, 0.29) is 0 Å². The van der Waals surface area contributed by atoms with Crippen molar-refractivity contribution in [1.29, 1.82) is 0 Å². The van der Waals surface area contributed by atoms with Gasteiger partial charge in [-0.15, -0.1) is 0 Å². The summed E-state index contributed by atoms with van der Waals surface area (Å²) in [6, 6.07) is 8.30. The number of hydrogen-bond acceptors (Lipinski definition) is 2. The van der Waals surface area contributed by atoms with Crippen LogP contribution in [0.2, 0.25) is 0 Å². The molecular formula is C14H23NO. The van der Waals surface area contributed by atoms with Crippen LogP contribution >= 0.6 is 0 Å². The minimum Gasteiger partial charge on any atom is -0.490 e. The molecule has 0 aliphatic carbocycles. The maximum absolute atomic E-state index is 5.96. The first-order valence-corrected chi connectivity index (χ1v) is 6.17. The van der Waals surface area contributed by atoms with Crippen molar-refractivity contribution in [2.45, 2.75) is 39.2 Å². The molecule has 1 atom stereocenters. The van der Waals surface area contributed by atoms with Gasteiger partial charge in [0.2, 0.25) is 0 Å². The van der Waals surface area contributed by atoms with Crippen molar-refractivity contribution in [3.63, 3.8) is 0 Å². The summed E-state index contributed by atoms with van der Waals surface area (Å²) in [5.41, 5.74) is 1.29. The Morgan fingerprint density at radius 2 is 2.06 bits per heavy atom. The Balaban J connectivity index is 2.45. The van der Waals surface area contributed by atoms with E-state index in [1.807, 2.05) is 13.1 Å². The summed E-state index contributed by atoms with van der Waals surface area (Å²) in [5, 5.41) is 3.15. The minimum atomic E-state index is 0.293. The van der Waals surface area contributed by atoms with E-state index < -0.39 is 0 Å². The van der Waals surface area contributed by atoms with Crippen LogP contribution in [0.3, 0.4) is 0 Å². The standard InChI is InChI=1S/C14H23NO/c1-4-13-9-5-6-10-14(13)16-12(2)8-7-11-15-3/h5-6,9-10,12,15H,4,7-8,11H2,1-3H3. The highest BCUT2D eigenvalue weighted by Crippen LogP contribution is 2.20. The number of nitrogens with one attached hydrogen (secondary N) is 1. The van der Waals surface area contributed by atoms with Crippen molar-refractivity contribution >= 4 is 0 Å². The van der Waals surface area contributed by atoms with Gasteiger partial charge in [0.25, 0.3) is 0 Å². The smallest absolute Gasteiger partial charge is 0.122 e. The van der Waals surface area contributed by atoms with Gasteiger partial charge in [0.15, 0.2) is 0 Å². The first kappa shape index (κ1) is 13.0. The number of para-hydroxylation sites is 1. The van der Waals surface area contributed by atoms with E-state index in [2.05, 4.69) is 37.4 Å². The van der Waals surface area contributed by atoms with Crippen molar-refractivity contribution in [3.05, 3.63) is 29.8 Å². The van der Waals surface area contributed by atoms with Gasteiger partial charge in [-0.1, -0.05) is 25.1 Å². The second-order valence-electron chi connectivity index (χ2n) is 4.14. The lowest BCUT2D eigenvalue weighted by molar-refractivity contribution is 0.206. The molecule has 1 aromatic carbocycles. The third-order valence-corrected chi connectivity index (χ3v) is 2.72. The van der Waals surface area contributed by atoms with Crippen LogP contribution in [0.4, 0.5) is 0 Å². The molecule has 0 aliphatic rings. The Labute approximate surface area is 99.0 Å². The topological polar surface area (TPSA) is 21.3 Å². The summed E-state index contributed by atoms with van der Waals surface area (Å²) in [6.07, 6.45) is 3.57. The van der Waals surface area contributed by atoms with Crippen molar-refractivity contribution in [1.82, 2.24) is 5.32 Å². The van der Waals surface area contributed by atoms with E-state index >= 15 is 0 Å². The van der Waals surface area contributed by atoms with Crippen LogP contribution in [0.1, 0.15) is 32.3 Å². The van der Waals surface area contributed by atoms with E-state index in [0.717, 1.165) is 31.6 Å². The molecule has 0 fully saturated rings. The van der Waals surface area contributed by atoms with Crippen LogP contribution in [0.15, 0.2) is 24.3 Å². The van der Waals surface area contributed by atoms with Crippen molar-refractivity contribution in [2.75, 3.05) is 13.6 Å². The maximum atomic E-state index is 5.96. The lowest BCUT2D eigenvalue weighted by Gasteiger charge is -2.16. The highest BCUT2D eigenvalue weighted by Gasteiger charge is 2.06. The zero-order valence-electron chi connectivity index (χ0n) is 10.6. The lowest BCUT2D eigenvalue weighted by Crippen LogP contribution is -2.16. The predicted molar refractivity (Wildman–Crippen MR) is 69.1 cm³/mol. The fourth-order valence-corrected chi connectivity index (χ4v) is 1.75. The first-order chi connectivity index (χ1) is 7.77. The molecule has 0 radical (unpaired) electrons. The van der Waals surface area contributed by atoms with Gasteiger partial charge in [0.05, 0.1) is 6.10 Å². The quantitative estimate of drug-likeness (QED) is 0.715. The summed E-state index contributed by atoms with van der Waals surface area (Å²) in [7, 11) is 1.98. The zero-order chi connectivity index (χ0) is 11.8. The van der Waals surface area contributed by atoms with E-state index in [4.69, 9.17) is 4.74 Å². The predicted octanol–water partition coefficient (Wildman–Crippen LogP) is 3.02. The molecule has 2 nitrogen and oxygen atoms in total. The van der Waals surface area contributed by atoms with Gasteiger partial charge in [0, 0.05) is 0 Å². The second-order valence-corrected chi connectivity index (χ2v) is 4.14. The molecule has 1 unspecified atom stereocenters. The molecule has 0 heterocycles. The largest absolute Gasteiger partial charge is 0.490 e. The van der Waals surface area contributed by atoms with Gasteiger partial charge in [-0.05, 0) is 51.4 Å². The molecule has 0 spiro atoms. The molecule has 0 saturated heterocycles. The number of hydrogen-bond donors (Lipinski definition) is 1. The normalized spacial score (nSPS) is 12.4. The van der Waals surface area contributed by atoms with E-state index in [1.165, 1.54) is 5.56 Å². The Hall–Kier alpha value is -1.02. The maximum Gasteiger partial charge on any atom is 0.122 e. The van der Waals surface area contributed by atoms with Gasteiger partial charge in [-0.25, -0.2) is 0 Å². The molecule has 1 aromatic rings. The van der Waals surface area contributed by atoms with Crippen LogP contribution in [-0.2, 0) is 6.42 Å². The lowest BCUT2D eigenvalue weighted by atomic mass is 10.1. The second kappa shape index (κ2) is 7.29. The van der Waals surface area contributed by atoms with E-state index in [9.17, 15) is 0 Å². The van der Waals surface area contributed by atoms with E-state index in [1.54, 1.807) is 0 Å². The molecule has 90 valence electrons. The highest BCUT2D eigenvalue weighted by atomic mass is 16.5. The molecule has 0 aliphatic heterocycles. The number of benzene rings is 1. The van der Waals surface area contributed by atoms with Crippen LogP contribution in [0.5, 0.6) is 5.75 Å². The van der Waals surface area contributed by atoms with Crippen LogP contribution in [-0.4, -0.2) is 19.7 Å². The Morgan fingerprint density at radius 1 is 1.31 bits per heavy atom. The van der Waals surface area contributed by atoms with Gasteiger partial charge >= 0.3 is 0 Å². The highest BCUT2D eigenvalue weighted by molar-refractivity contribution is 5.33. The summed E-state index contributed by atoms with van der Waals surface area (Å²) in [6.45, 7) is 5.36. The van der Waals surface area contributed by atoms with Crippen molar-refractivity contribution in [3.8, 4) is 5.75 Å². The van der Waals surface area contributed by atoms with Crippen molar-refractivity contribution in [2.24, 2.45) is 0 Å². The third-order valence-electron chi connectivity index (χ3n) is 2.72. The molecule has 0 saturated carbocycles. The molecule has 16 heavy (non-hydrogen) atoms. The van der Waals surface area contributed by atoms with Crippen LogP contribution in [0, 0.1) is 0 Å². The molecule has 0 aromatic heterocycles. The monoisotopic (exact) mass is 221 g/mol. The van der Waals surface area contributed by atoms with Crippen LogP contribution < -0.4 is 10.1 Å². The van der Waals surface area contributed by atoms with Gasteiger partial charge in [0.1, 0.15) is 5.75 Å². The summed E-state index contributed by atoms with van der Waals surface area (Å²) < 4.78 is 5.96. The molecule has 2 heteroatoms. The van der Waals surface area contributed by atoms with Gasteiger partial charge in [-0.3, -0.25) is 0 Å². The Morgan fingerprint density at radius 3 is 2.75 bits per heavy atom. The minimum absolute atomic E-state index is 0.293. The molecule has 0 amide bonds. The molecule has 1 rings (SSSR count). The van der Waals surface area contributed by atoms with Crippen LogP contribution in [0.25, 0.3) is 0 Å². The molecule has 0 bridgehead atoms. The van der Waals surface area contributed by atoms with E-state index in [0.29, 0.717) is 6.10 Å². The summed E-state index contributed by atoms with van der Waals surface area (Å²) >= 11 is 0. The SMILES string of the molecule is CCc1ccccc1OC(C)CCCNC. The average molecular weight is 221 g/mol. The number of rotatable bonds is 7. The fraction of sp³-hybridized carbons (Fsp3) is 0.571. The molecule has 1 N–H and O–H groups in total. The summed E-state index contributed by atoms with van der Waals surface area (Å²) in [4.78, 5) is 0. The van der Waals surface area contributed by atoms with Crippen molar-refractivity contribution < 1.29 is 4.74 Å². The Kier molecular flexibility index (Phi) is 5.94. The fourth-order valence-electron chi connectivity index (χ4n) is 1.75. The average Bonchev–Trinajstić information content (AvgIpc) is 2.30. The number of aryl methyl sites for hydroxylation is 1. The summed E-state index contributed by atoms with van der Waals surface area (Å²) in [5.74, 6) is 1.04. The van der Waals surface area contributed by atoms with Gasteiger partial charge in [-0.2, -0.15) is 0 Å². The Bertz CT molecular complexity index is 299. The molecular weight excluding hydrogens is 198 g/mol.